The molecule has 0 heterocycles. The Balaban J connectivity index is 1.90. The van der Waals surface area contributed by atoms with E-state index in [1.807, 2.05) is 0 Å². The maximum atomic E-state index is 6.00. The second-order valence-corrected chi connectivity index (χ2v) is 5.48. The molecule has 1 aliphatic carbocycles. The van der Waals surface area contributed by atoms with Crippen molar-refractivity contribution in [2.45, 2.75) is 46.0 Å². The van der Waals surface area contributed by atoms with Crippen LogP contribution in [-0.4, -0.2) is 19.7 Å². The second kappa shape index (κ2) is 7.42. The fourth-order valence-corrected chi connectivity index (χ4v) is 2.93. The van der Waals surface area contributed by atoms with Gasteiger partial charge in [0.2, 0.25) is 0 Å². The zero-order chi connectivity index (χ0) is 13.5. The SMILES string of the molecule is CCN(CC)c1cccc(OCC2CCCCC2)c1. The van der Waals surface area contributed by atoms with E-state index in [-0.39, 0.29) is 0 Å². The average Bonchev–Trinajstić information content (AvgIpc) is 2.48. The molecule has 0 N–H and O–H groups in total. The van der Waals surface area contributed by atoms with Crippen LogP contribution in [0.2, 0.25) is 0 Å². The first-order valence-electron chi connectivity index (χ1n) is 7.81. The van der Waals surface area contributed by atoms with Crippen LogP contribution in [0.25, 0.3) is 0 Å². The first-order chi connectivity index (χ1) is 9.33. The van der Waals surface area contributed by atoms with Gasteiger partial charge in [-0.25, -0.2) is 0 Å². The van der Waals surface area contributed by atoms with Crippen LogP contribution in [0, 0.1) is 5.92 Å². The van der Waals surface area contributed by atoms with E-state index in [9.17, 15) is 0 Å². The predicted octanol–water partition coefficient (Wildman–Crippen LogP) is 4.49. The molecular formula is C17H27NO. The van der Waals surface area contributed by atoms with Crippen molar-refractivity contribution in [1.29, 1.82) is 0 Å². The molecule has 1 aliphatic rings. The molecule has 0 saturated heterocycles. The molecule has 0 radical (unpaired) electrons. The Bertz CT molecular complexity index is 367. The van der Waals surface area contributed by atoms with Gasteiger partial charge in [0, 0.05) is 24.8 Å². The Labute approximate surface area is 117 Å². The highest BCUT2D eigenvalue weighted by atomic mass is 16.5. The van der Waals surface area contributed by atoms with Gasteiger partial charge in [0.05, 0.1) is 6.61 Å². The maximum Gasteiger partial charge on any atom is 0.121 e. The van der Waals surface area contributed by atoms with Crippen LogP contribution in [-0.2, 0) is 0 Å². The van der Waals surface area contributed by atoms with Gasteiger partial charge >= 0.3 is 0 Å². The van der Waals surface area contributed by atoms with E-state index in [1.54, 1.807) is 0 Å². The molecule has 0 unspecified atom stereocenters. The Morgan fingerprint density at radius 2 is 1.84 bits per heavy atom. The van der Waals surface area contributed by atoms with Gasteiger partial charge in [-0.1, -0.05) is 25.3 Å². The molecule has 1 fully saturated rings. The average molecular weight is 261 g/mol. The lowest BCUT2D eigenvalue weighted by Crippen LogP contribution is -2.21. The highest BCUT2D eigenvalue weighted by Gasteiger charge is 2.14. The third kappa shape index (κ3) is 4.15. The minimum absolute atomic E-state index is 0.769. The van der Waals surface area contributed by atoms with Crippen LogP contribution in [0.3, 0.4) is 0 Å². The van der Waals surface area contributed by atoms with Gasteiger partial charge in [0.1, 0.15) is 5.75 Å². The third-order valence-corrected chi connectivity index (χ3v) is 4.16. The quantitative estimate of drug-likeness (QED) is 0.748. The topological polar surface area (TPSA) is 12.5 Å². The zero-order valence-electron chi connectivity index (χ0n) is 12.4. The summed E-state index contributed by atoms with van der Waals surface area (Å²) in [6.45, 7) is 7.37. The van der Waals surface area contributed by atoms with Crippen molar-refractivity contribution in [2.24, 2.45) is 5.92 Å². The number of rotatable bonds is 6. The molecule has 0 spiro atoms. The van der Waals surface area contributed by atoms with E-state index in [2.05, 4.69) is 43.0 Å². The van der Waals surface area contributed by atoms with E-state index in [0.717, 1.165) is 31.4 Å². The number of ether oxygens (including phenoxy) is 1. The highest BCUT2D eigenvalue weighted by Crippen LogP contribution is 2.26. The van der Waals surface area contributed by atoms with Crippen molar-refractivity contribution in [3.8, 4) is 5.75 Å². The molecule has 0 aromatic heterocycles. The summed E-state index contributed by atoms with van der Waals surface area (Å²) >= 11 is 0. The number of nitrogens with zero attached hydrogens (tertiary/aromatic N) is 1. The minimum Gasteiger partial charge on any atom is -0.493 e. The lowest BCUT2D eigenvalue weighted by molar-refractivity contribution is 0.209. The van der Waals surface area contributed by atoms with Crippen molar-refractivity contribution in [3.05, 3.63) is 24.3 Å². The van der Waals surface area contributed by atoms with E-state index >= 15 is 0 Å². The third-order valence-electron chi connectivity index (χ3n) is 4.16. The van der Waals surface area contributed by atoms with Crippen molar-refractivity contribution in [2.75, 3.05) is 24.6 Å². The molecule has 2 rings (SSSR count). The molecule has 19 heavy (non-hydrogen) atoms. The number of hydrogen-bond acceptors (Lipinski definition) is 2. The van der Waals surface area contributed by atoms with Crippen LogP contribution >= 0.6 is 0 Å². The molecule has 0 amide bonds. The summed E-state index contributed by atoms with van der Waals surface area (Å²) in [7, 11) is 0. The van der Waals surface area contributed by atoms with Crippen LogP contribution in [0.15, 0.2) is 24.3 Å². The Kier molecular flexibility index (Phi) is 5.56. The summed E-state index contributed by atoms with van der Waals surface area (Å²) in [6, 6.07) is 8.52. The summed E-state index contributed by atoms with van der Waals surface area (Å²) in [6.07, 6.45) is 6.86. The normalized spacial score (nSPS) is 16.3. The van der Waals surface area contributed by atoms with Crippen LogP contribution in [0.5, 0.6) is 5.75 Å². The Hall–Kier alpha value is -1.18. The van der Waals surface area contributed by atoms with E-state index in [1.165, 1.54) is 37.8 Å². The van der Waals surface area contributed by atoms with Gasteiger partial charge in [-0.15, -0.1) is 0 Å². The minimum atomic E-state index is 0.769. The van der Waals surface area contributed by atoms with Gasteiger partial charge in [0.25, 0.3) is 0 Å². The number of benzene rings is 1. The molecule has 2 heteroatoms. The molecule has 0 aliphatic heterocycles. The summed E-state index contributed by atoms with van der Waals surface area (Å²) in [5.74, 6) is 1.79. The van der Waals surface area contributed by atoms with Gasteiger partial charge in [0.15, 0.2) is 0 Å². The first-order valence-corrected chi connectivity index (χ1v) is 7.81. The van der Waals surface area contributed by atoms with Crippen molar-refractivity contribution < 1.29 is 4.74 Å². The lowest BCUT2D eigenvalue weighted by Gasteiger charge is -2.23. The molecule has 2 nitrogen and oxygen atoms in total. The summed E-state index contributed by atoms with van der Waals surface area (Å²) in [4.78, 5) is 2.35. The van der Waals surface area contributed by atoms with Gasteiger partial charge in [-0.3, -0.25) is 0 Å². The maximum absolute atomic E-state index is 6.00. The highest BCUT2D eigenvalue weighted by molar-refractivity contribution is 5.50. The monoisotopic (exact) mass is 261 g/mol. The Morgan fingerprint density at radius 1 is 1.11 bits per heavy atom. The fraction of sp³-hybridized carbons (Fsp3) is 0.647. The van der Waals surface area contributed by atoms with Crippen LogP contribution in [0.4, 0.5) is 5.69 Å². The fourth-order valence-electron chi connectivity index (χ4n) is 2.93. The molecule has 0 bridgehead atoms. The lowest BCUT2D eigenvalue weighted by atomic mass is 9.90. The van der Waals surface area contributed by atoms with E-state index in [4.69, 9.17) is 4.74 Å². The second-order valence-electron chi connectivity index (χ2n) is 5.48. The molecule has 1 saturated carbocycles. The number of anilines is 1. The smallest absolute Gasteiger partial charge is 0.121 e. The molecule has 106 valence electrons. The number of hydrogen-bond donors (Lipinski definition) is 0. The standard InChI is InChI=1S/C17H27NO/c1-3-18(4-2)16-11-8-12-17(13-16)19-14-15-9-6-5-7-10-15/h8,11-13,15H,3-7,9-10,14H2,1-2H3. The molecular weight excluding hydrogens is 234 g/mol. The van der Waals surface area contributed by atoms with Crippen LogP contribution in [0.1, 0.15) is 46.0 Å². The Morgan fingerprint density at radius 3 is 2.53 bits per heavy atom. The van der Waals surface area contributed by atoms with E-state index < -0.39 is 0 Å². The summed E-state index contributed by atoms with van der Waals surface area (Å²) in [5.41, 5.74) is 1.27. The van der Waals surface area contributed by atoms with Gasteiger partial charge in [-0.2, -0.15) is 0 Å². The molecule has 0 atom stereocenters. The largest absolute Gasteiger partial charge is 0.493 e. The van der Waals surface area contributed by atoms with Crippen molar-refractivity contribution in [1.82, 2.24) is 0 Å². The summed E-state index contributed by atoms with van der Waals surface area (Å²) < 4.78 is 6.00. The predicted molar refractivity (Wildman–Crippen MR) is 82.1 cm³/mol. The van der Waals surface area contributed by atoms with Gasteiger partial charge < -0.3 is 9.64 Å². The molecule has 1 aromatic rings. The van der Waals surface area contributed by atoms with Crippen molar-refractivity contribution >= 4 is 5.69 Å². The van der Waals surface area contributed by atoms with Crippen LogP contribution < -0.4 is 9.64 Å². The van der Waals surface area contributed by atoms with E-state index in [0.29, 0.717) is 0 Å². The summed E-state index contributed by atoms with van der Waals surface area (Å²) in [5, 5.41) is 0. The zero-order valence-corrected chi connectivity index (χ0v) is 12.4. The van der Waals surface area contributed by atoms with Crippen molar-refractivity contribution in [3.63, 3.8) is 0 Å². The first kappa shape index (κ1) is 14.2. The molecule has 1 aromatic carbocycles. The van der Waals surface area contributed by atoms with Gasteiger partial charge in [-0.05, 0) is 44.7 Å².